The lowest BCUT2D eigenvalue weighted by molar-refractivity contribution is 0.0565. The van der Waals surface area contributed by atoms with Gasteiger partial charge in [0, 0.05) is 11.6 Å². The van der Waals surface area contributed by atoms with E-state index in [0.717, 1.165) is 0 Å². The minimum absolute atomic E-state index is 0.0704. The second-order valence-corrected chi connectivity index (χ2v) is 9.04. The van der Waals surface area contributed by atoms with Gasteiger partial charge in [0.2, 0.25) is 5.76 Å². The van der Waals surface area contributed by atoms with E-state index in [9.17, 15) is 13.8 Å². The number of hydrogen-bond acceptors (Lipinski definition) is 6. The second kappa shape index (κ2) is 6.87. The normalized spacial score (nSPS) is 14.0. The summed E-state index contributed by atoms with van der Waals surface area (Å²) < 4.78 is 31.3. The minimum atomic E-state index is -2.81. The zero-order valence-electron chi connectivity index (χ0n) is 14.8. The monoisotopic (exact) mass is 367 g/mol. The van der Waals surface area contributed by atoms with Crippen LogP contribution in [0.2, 0.25) is 0 Å². The number of carbonyl (C=O) groups excluding carboxylic acids is 2. The SMILES string of the molecule is COC(=O)c1cc2cc(CS(C)(=O)=NC(=O)OC(C)(C)C)ccc2o1. The quantitative estimate of drug-likeness (QED) is 0.767. The zero-order valence-corrected chi connectivity index (χ0v) is 15.6. The first-order chi connectivity index (χ1) is 11.5. The summed E-state index contributed by atoms with van der Waals surface area (Å²) in [7, 11) is -1.54. The lowest BCUT2D eigenvalue weighted by Crippen LogP contribution is -2.22. The number of fused-ring (bicyclic) bond motifs is 1. The van der Waals surface area contributed by atoms with Crippen molar-refractivity contribution in [2.24, 2.45) is 4.36 Å². The minimum Gasteiger partial charge on any atom is -0.463 e. The first-order valence-corrected chi connectivity index (χ1v) is 9.62. The summed E-state index contributed by atoms with van der Waals surface area (Å²) in [4.78, 5) is 23.3. The Kier molecular flexibility index (Phi) is 5.22. The number of hydrogen-bond donors (Lipinski definition) is 0. The molecule has 1 atom stereocenters. The molecule has 1 aromatic heterocycles. The number of furan rings is 1. The number of amides is 1. The van der Waals surface area contributed by atoms with Crippen LogP contribution in [0.3, 0.4) is 0 Å². The number of esters is 1. The Bertz CT molecular complexity index is 928. The first kappa shape index (κ1) is 19.0. The molecule has 0 saturated heterocycles. The third-order valence-corrected chi connectivity index (χ3v) is 4.47. The molecule has 0 aliphatic rings. The molecule has 0 aliphatic heterocycles. The standard InChI is InChI=1S/C17H21NO6S/c1-17(2,3)24-16(20)18-25(5,21)10-11-6-7-13-12(8-11)9-14(23-13)15(19)22-4/h6-9H,10H2,1-5H3. The van der Waals surface area contributed by atoms with Crippen molar-refractivity contribution in [3.8, 4) is 0 Å². The summed E-state index contributed by atoms with van der Waals surface area (Å²) in [5, 5.41) is 0.672. The highest BCUT2D eigenvalue weighted by Gasteiger charge is 2.18. The van der Waals surface area contributed by atoms with Crippen LogP contribution in [0.5, 0.6) is 0 Å². The van der Waals surface area contributed by atoms with Crippen LogP contribution in [-0.4, -0.2) is 35.2 Å². The van der Waals surface area contributed by atoms with E-state index < -0.39 is 27.4 Å². The number of benzene rings is 1. The molecule has 2 aromatic rings. The van der Waals surface area contributed by atoms with Crippen molar-refractivity contribution < 1.29 is 27.7 Å². The largest absolute Gasteiger partial charge is 0.463 e. The van der Waals surface area contributed by atoms with Gasteiger partial charge in [0.05, 0.1) is 22.6 Å². The summed E-state index contributed by atoms with van der Waals surface area (Å²) >= 11 is 0. The molecule has 0 radical (unpaired) electrons. The predicted molar refractivity (Wildman–Crippen MR) is 94.0 cm³/mol. The molecule has 0 fully saturated rings. The molecule has 0 bridgehead atoms. The Labute approximate surface area is 146 Å². The molecule has 0 aliphatic carbocycles. The van der Waals surface area contributed by atoms with Crippen LogP contribution in [0.1, 0.15) is 36.9 Å². The van der Waals surface area contributed by atoms with Crippen molar-refractivity contribution in [1.82, 2.24) is 0 Å². The first-order valence-electron chi connectivity index (χ1n) is 7.53. The van der Waals surface area contributed by atoms with Crippen LogP contribution in [-0.2, 0) is 25.0 Å². The summed E-state index contributed by atoms with van der Waals surface area (Å²) in [6.07, 6.45) is 0.550. The molecule has 7 nitrogen and oxygen atoms in total. The van der Waals surface area contributed by atoms with E-state index in [1.165, 1.54) is 13.4 Å². The molecule has 1 unspecified atom stereocenters. The zero-order chi connectivity index (χ0) is 18.8. The van der Waals surface area contributed by atoms with E-state index in [4.69, 9.17) is 9.15 Å². The molecule has 1 aromatic carbocycles. The number of ether oxygens (including phenoxy) is 2. The van der Waals surface area contributed by atoms with Crippen molar-refractivity contribution in [1.29, 1.82) is 0 Å². The summed E-state index contributed by atoms with van der Waals surface area (Å²) in [5.74, 6) is -0.414. The van der Waals surface area contributed by atoms with Gasteiger partial charge in [-0.3, -0.25) is 0 Å². The molecule has 0 N–H and O–H groups in total. The van der Waals surface area contributed by atoms with Gasteiger partial charge in [0.1, 0.15) is 11.2 Å². The maximum atomic E-state index is 12.6. The average Bonchev–Trinajstić information content (AvgIpc) is 2.86. The third kappa shape index (κ3) is 5.32. The van der Waals surface area contributed by atoms with Crippen LogP contribution < -0.4 is 0 Å². The molecular formula is C17H21NO6S. The highest BCUT2D eigenvalue weighted by Crippen LogP contribution is 2.22. The smallest absolute Gasteiger partial charge is 0.442 e. The topological polar surface area (TPSA) is 95.2 Å². The molecule has 25 heavy (non-hydrogen) atoms. The van der Waals surface area contributed by atoms with Gasteiger partial charge in [-0.2, -0.15) is 0 Å². The fourth-order valence-electron chi connectivity index (χ4n) is 2.16. The average molecular weight is 367 g/mol. The maximum absolute atomic E-state index is 12.6. The van der Waals surface area contributed by atoms with Crippen molar-refractivity contribution in [3.05, 3.63) is 35.6 Å². The molecular weight excluding hydrogens is 346 g/mol. The molecule has 1 heterocycles. The van der Waals surface area contributed by atoms with Crippen LogP contribution in [0.25, 0.3) is 11.0 Å². The summed E-state index contributed by atoms with van der Waals surface area (Å²) in [6, 6.07) is 6.66. The number of methoxy groups -OCH3 is 1. The summed E-state index contributed by atoms with van der Waals surface area (Å²) in [5.41, 5.74) is 0.510. The molecule has 0 spiro atoms. The van der Waals surface area contributed by atoms with E-state index in [-0.39, 0.29) is 11.5 Å². The Balaban J connectivity index is 2.25. The Morgan fingerprint density at radius 2 is 1.92 bits per heavy atom. The van der Waals surface area contributed by atoms with Gasteiger partial charge >= 0.3 is 12.1 Å². The molecule has 136 valence electrons. The van der Waals surface area contributed by atoms with E-state index >= 15 is 0 Å². The lowest BCUT2D eigenvalue weighted by Gasteiger charge is -2.17. The van der Waals surface area contributed by atoms with E-state index in [1.807, 2.05) is 0 Å². The molecule has 8 heteroatoms. The van der Waals surface area contributed by atoms with Crippen LogP contribution in [0, 0.1) is 0 Å². The van der Waals surface area contributed by atoms with Gasteiger partial charge in [0.15, 0.2) is 0 Å². The van der Waals surface area contributed by atoms with Crippen LogP contribution in [0.4, 0.5) is 4.79 Å². The van der Waals surface area contributed by atoms with Crippen molar-refractivity contribution >= 4 is 32.8 Å². The fourth-order valence-corrected chi connectivity index (χ4v) is 3.38. The van der Waals surface area contributed by atoms with Gasteiger partial charge < -0.3 is 13.9 Å². The Morgan fingerprint density at radius 1 is 1.24 bits per heavy atom. The van der Waals surface area contributed by atoms with Gasteiger partial charge in [-0.1, -0.05) is 6.07 Å². The van der Waals surface area contributed by atoms with E-state index in [2.05, 4.69) is 9.10 Å². The lowest BCUT2D eigenvalue weighted by atomic mass is 10.2. The molecule has 2 rings (SSSR count). The third-order valence-electron chi connectivity index (χ3n) is 3.06. The maximum Gasteiger partial charge on any atom is 0.442 e. The van der Waals surface area contributed by atoms with Crippen LogP contribution in [0.15, 0.2) is 33.0 Å². The van der Waals surface area contributed by atoms with Gasteiger partial charge in [0.25, 0.3) is 0 Å². The molecule has 0 saturated carbocycles. The number of rotatable bonds is 3. The number of nitrogens with zero attached hydrogens (tertiary/aromatic N) is 1. The van der Waals surface area contributed by atoms with Crippen molar-refractivity contribution in [3.63, 3.8) is 0 Å². The Morgan fingerprint density at radius 3 is 2.52 bits per heavy atom. The Hall–Kier alpha value is -2.35. The number of carbonyl (C=O) groups is 2. The molecule has 1 amide bonds. The van der Waals surface area contributed by atoms with Gasteiger partial charge in [-0.05, 0) is 44.5 Å². The predicted octanol–water partition coefficient (Wildman–Crippen LogP) is 3.75. The van der Waals surface area contributed by atoms with Gasteiger partial charge in [-0.15, -0.1) is 4.36 Å². The van der Waals surface area contributed by atoms with Gasteiger partial charge in [-0.25, -0.2) is 13.8 Å². The van der Waals surface area contributed by atoms with E-state index in [0.29, 0.717) is 16.5 Å². The highest BCUT2D eigenvalue weighted by molar-refractivity contribution is 7.92. The fraction of sp³-hybridized carbons (Fsp3) is 0.412. The van der Waals surface area contributed by atoms with E-state index in [1.54, 1.807) is 45.0 Å². The highest BCUT2D eigenvalue weighted by atomic mass is 32.2. The summed E-state index contributed by atoms with van der Waals surface area (Å²) in [6.45, 7) is 5.14. The van der Waals surface area contributed by atoms with Crippen molar-refractivity contribution in [2.45, 2.75) is 32.1 Å². The van der Waals surface area contributed by atoms with Crippen molar-refractivity contribution in [2.75, 3.05) is 13.4 Å². The second-order valence-electron chi connectivity index (χ2n) is 6.65. The van der Waals surface area contributed by atoms with Crippen LogP contribution >= 0.6 is 0 Å².